The molecule has 0 aliphatic rings. The van der Waals surface area contributed by atoms with Gasteiger partial charge in [-0.3, -0.25) is 0 Å². The Morgan fingerprint density at radius 1 is 1.56 bits per heavy atom. The third-order valence-electron chi connectivity index (χ3n) is 1.40. The lowest BCUT2D eigenvalue weighted by atomic mass is 10.0. The van der Waals surface area contributed by atoms with E-state index in [2.05, 4.69) is 13.0 Å². The first kappa shape index (κ1) is 8.70. The van der Waals surface area contributed by atoms with E-state index in [9.17, 15) is 0 Å². The fourth-order valence-electron chi connectivity index (χ4n) is 0.707. The fourth-order valence-corrected chi connectivity index (χ4v) is 0.707. The van der Waals surface area contributed by atoms with E-state index < -0.39 is 0 Å². The first-order valence-corrected chi connectivity index (χ1v) is 3.53. The third kappa shape index (κ3) is 5.57. The summed E-state index contributed by atoms with van der Waals surface area (Å²) >= 11 is 0. The zero-order valence-corrected chi connectivity index (χ0v) is 6.30. The Bertz CT molecular complexity index is 76.6. The standard InChI is InChI=1S/C8H16O/c1-3-4-5-8(2)6-7-9/h3-4,8-9H,5-7H2,1-2H3. The van der Waals surface area contributed by atoms with Crippen LogP contribution in [0.4, 0.5) is 0 Å². The molecule has 0 saturated carbocycles. The van der Waals surface area contributed by atoms with Gasteiger partial charge < -0.3 is 5.11 Å². The Morgan fingerprint density at radius 2 is 2.22 bits per heavy atom. The molecule has 0 fully saturated rings. The number of hydrogen-bond acceptors (Lipinski definition) is 1. The quantitative estimate of drug-likeness (QED) is 0.574. The normalized spacial score (nSPS) is 14.6. The van der Waals surface area contributed by atoms with Gasteiger partial charge in [0.1, 0.15) is 0 Å². The highest BCUT2D eigenvalue weighted by molar-refractivity contribution is 4.78. The summed E-state index contributed by atoms with van der Waals surface area (Å²) in [5, 5.41) is 8.51. The maximum Gasteiger partial charge on any atom is 0.0433 e. The van der Waals surface area contributed by atoms with Gasteiger partial charge in [0.05, 0.1) is 0 Å². The van der Waals surface area contributed by atoms with Crippen LogP contribution in [0.15, 0.2) is 12.2 Å². The molecule has 54 valence electrons. The number of allylic oxidation sites excluding steroid dienone is 2. The van der Waals surface area contributed by atoms with Gasteiger partial charge in [0.2, 0.25) is 0 Å². The smallest absolute Gasteiger partial charge is 0.0433 e. The zero-order valence-electron chi connectivity index (χ0n) is 6.30. The van der Waals surface area contributed by atoms with Crippen molar-refractivity contribution >= 4 is 0 Å². The van der Waals surface area contributed by atoms with Crippen molar-refractivity contribution in [1.29, 1.82) is 0 Å². The first-order chi connectivity index (χ1) is 4.31. The highest BCUT2D eigenvalue weighted by atomic mass is 16.2. The molecule has 0 aromatic carbocycles. The summed E-state index contributed by atoms with van der Waals surface area (Å²) in [6.07, 6.45) is 6.20. The minimum Gasteiger partial charge on any atom is -0.396 e. The van der Waals surface area contributed by atoms with Gasteiger partial charge in [0.25, 0.3) is 0 Å². The number of rotatable bonds is 4. The lowest BCUT2D eigenvalue weighted by Gasteiger charge is -2.03. The molecule has 1 unspecified atom stereocenters. The lowest BCUT2D eigenvalue weighted by molar-refractivity contribution is 0.263. The van der Waals surface area contributed by atoms with Crippen molar-refractivity contribution < 1.29 is 5.11 Å². The molecule has 0 aliphatic heterocycles. The highest BCUT2D eigenvalue weighted by Gasteiger charge is 1.95. The average molecular weight is 128 g/mol. The summed E-state index contributed by atoms with van der Waals surface area (Å²) < 4.78 is 0. The van der Waals surface area contributed by atoms with Gasteiger partial charge in [-0.1, -0.05) is 19.1 Å². The van der Waals surface area contributed by atoms with Crippen LogP contribution in [0, 0.1) is 5.92 Å². The van der Waals surface area contributed by atoms with Crippen LogP contribution in [0.1, 0.15) is 26.7 Å². The second-order valence-electron chi connectivity index (χ2n) is 2.42. The van der Waals surface area contributed by atoms with Gasteiger partial charge in [0, 0.05) is 6.61 Å². The van der Waals surface area contributed by atoms with Gasteiger partial charge in [-0.25, -0.2) is 0 Å². The topological polar surface area (TPSA) is 20.2 Å². The predicted octanol–water partition coefficient (Wildman–Crippen LogP) is 1.97. The van der Waals surface area contributed by atoms with Crippen LogP contribution in [0.3, 0.4) is 0 Å². The maximum atomic E-state index is 8.51. The largest absolute Gasteiger partial charge is 0.396 e. The molecule has 9 heavy (non-hydrogen) atoms. The van der Waals surface area contributed by atoms with Crippen LogP contribution < -0.4 is 0 Å². The molecule has 0 heterocycles. The van der Waals surface area contributed by atoms with E-state index in [0.29, 0.717) is 12.5 Å². The fraction of sp³-hybridized carbons (Fsp3) is 0.750. The molecule has 0 bridgehead atoms. The Balaban J connectivity index is 3.15. The minimum absolute atomic E-state index is 0.318. The van der Waals surface area contributed by atoms with Crippen molar-refractivity contribution in [2.75, 3.05) is 6.61 Å². The van der Waals surface area contributed by atoms with Crippen molar-refractivity contribution in [3.8, 4) is 0 Å². The maximum absolute atomic E-state index is 8.51. The van der Waals surface area contributed by atoms with Crippen molar-refractivity contribution in [3.63, 3.8) is 0 Å². The van der Waals surface area contributed by atoms with Crippen LogP contribution in [0.5, 0.6) is 0 Å². The Labute approximate surface area is 57.4 Å². The summed E-state index contributed by atoms with van der Waals surface area (Å²) in [4.78, 5) is 0. The first-order valence-electron chi connectivity index (χ1n) is 3.53. The molecule has 0 amide bonds. The van der Waals surface area contributed by atoms with Crippen molar-refractivity contribution in [2.24, 2.45) is 5.92 Å². The Morgan fingerprint density at radius 3 is 2.67 bits per heavy atom. The van der Waals surface area contributed by atoms with E-state index in [0.717, 1.165) is 12.8 Å². The molecule has 0 aliphatic carbocycles. The SMILES string of the molecule is CC=CCC(C)CCO. The Kier molecular flexibility index (Phi) is 5.64. The summed E-state index contributed by atoms with van der Waals surface area (Å²) in [6, 6.07) is 0. The Hall–Kier alpha value is -0.300. The monoisotopic (exact) mass is 128 g/mol. The molecule has 1 atom stereocenters. The van der Waals surface area contributed by atoms with Gasteiger partial charge in [-0.05, 0) is 25.7 Å². The van der Waals surface area contributed by atoms with Crippen molar-refractivity contribution in [3.05, 3.63) is 12.2 Å². The van der Waals surface area contributed by atoms with Crippen molar-refractivity contribution in [2.45, 2.75) is 26.7 Å². The molecule has 0 aromatic heterocycles. The van der Waals surface area contributed by atoms with Gasteiger partial charge >= 0.3 is 0 Å². The van der Waals surface area contributed by atoms with Gasteiger partial charge in [-0.2, -0.15) is 0 Å². The van der Waals surface area contributed by atoms with Crippen LogP contribution >= 0.6 is 0 Å². The van der Waals surface area contributed by atoms with Crippen LogP contribution in [0.2, 0.25) is 0 Å². The molecule has 0 spiro atoms. The number of hydrogen-bond donors (Lipinski definition) is 1. The van der Waals surface area contributed by atoms with E-state index in [-0.39, 0.29) is 0 Å². The minimum atomic E-state index is 0.318. The second-order valence-corrected chi connectivity index (χ2v) is 2.42. The third-order valence-corrected chi connectivity index (χ3v) is 1.40. The van der Waals surface area contributed by atoms with E-state index in [1.807, 2.05) is 13.0 Å². The van der Waals surface area contributed by atoms with Gasteiger partial charge in [-0.15, -0.1) is 0 Å². The summed E-state index contributed by atoms with van der Waals surface area (Å²) in [5.41, 5.74) is 0. The molecule has 0 aromatic rings. The van der Waals surface area contributed by atoms with Crippen LogP contribution in [-0.2, 0) is 0 Å². The summed E-state index contributed by atoms with van der Waals surface area (Å²) in [7, 11) is 0. The zero-order chi connectivity index (χ0) is 7.11. The van der Waals surface area contributed by atoms with E-state index in [4.69, 9.17) is 5.11 Å². The van der Waals surface area contributed by atoms with Gasteiger partial charge in [0.15, 0.2) is 0 Å². The highest BCUT2D eigenvalue weighted by Crippen LogP contribution is 2.06. The van der Waals surface area contributed by atoms with E-state index in [1.54, 1.807) is 0 Å². The molecule has 1 heteroatoms. The van der Waals surface area contributed by atoms with Crippen LogP contribution in [-0.4, -0.2) is 11.7 Å². The molecule has 1 nitrogen and oxygen atoms in total. The number of aliphatic hydroxyl groups excluding tert-OH is 1. The molecular formula is C8H16O. The average Bonchev–Trinajstić information content (AvgIpc) is 1.85. The van der Waals surface area contributed by atoms with Crippen LogP contribution in [0.25, 0.3) is 0 Å². The molecule has 0 saturated heterocycles. The summed E-state index contributed by atoms with van der Waals surface area (Å²) in [5.74, 6) is 0.631. The summed E-state index contributed by atoms with van der Waals surface area (Å²) in [6.45, 7) is 4.49. The van der Waals surface area contributed by atoms with Crippen molar-refractivity contribution in [1.82, 2.24) is 0 Å². The predicted molar refractivity (Wildman–Crippen MR) is 40.3 cm³/mol. The molecule has 0 radical (unpaired) electrons. The molecule has 0 rings (SSSR count). The second kappa shape index (κ2) is 5.83. The molecule has 1 N–H and O–H groups in total. The van der Waals surface area contributed by atoms with E-state index in [1.165, 1.54) is 0 Å². The lowest BCUT2D eigenvalue weighted by Crippen LogP contribution is -1.95. The van der Waals surface area contributed by atoms with E-state index >= 15 is 0 Å². The number of aliphatic hydroxyl groups is 1. The molecular weight excluding hydrogens is 112 g/mol.